The fourth-order valence-electron chi connectivity index (χ4n) is 3.32. The fourth-order valence-corrected chi connectivity index (χ4v) is 3.87. The van der Waals surface area contributed by atoms with Crippen molar-refractivity contribution in [3.05, 3.63) is 47.2 Å². The van der Waals surface area contributed by atoms with Crippen LogP contribution in [0.25, 0.3) is 0 Å². The minimum atomic E-state index is -0.563. The topological polar surface area (TPSA) is 62.3 Å². The summed E-state index contributed by atoms with van der Waals surface area (Å²) in [4.78, 5) is 30.7. The molecule has 3 rings (SSSR count). The van der Waals surface area contributed by atoms with Crippen LogP contribution in [-0.4, -0.2) is 34.8 Å². The number of carbonyl (C=O) groups excluding carboxylic acids is 2. The van der Waals surface area contributed by atoms with Crippen LogP contribution in [0.4, 0.5) is 9.52 Å². The molecule has 1 aliphatic carbocycles. The van der Waals surface area contributed by atoms with Crippen molar-refractivity contribution >= 4 is 28.3 Å². The average Bonchev–Trinajstić information content (AvgIpc) is 3.15. The average molecular weight is 375 g/mol. The summed E-state index contributed by atoms with van der Waals surface area (Å²) in [6.45, 7) is 0.363. The second kappa shape index (κ2) is 8.89. The second-order valence-electron chi connectivity index (χ2n) is 6.55. The lowest BCUT2D eigenvalue weighted by molar-refractivity contribution is -0.117. The van der Waals surface area contributed by atoms with Crippen molar-refractivity contribution in [1.29, 1.82) is 0 Å². The molecule has 2 amide bonds. The van der Waals surface area contributed by atoms with Gasteiger partial charge in [-0.3, -0.25) is 9.59 Å². The number of nitrogens with zero attached hydrogens (tertiary/aromatic N) is 2. The molecule has 0 unspecified atom stereocenters. The van der Waals surface area contributed by atoms with E-state index in [0.29, 0.717) is 17.6 Å². The first-order valence-electron chi connectivity index (χ1n) is 8.86. The summed E-state index contributed by atoms with van der Waals surface area (Å²) in [5.41, 5.74) is 0.00496. The number of carbonyl (C=O) groups is 2. The summed E-state index contributed by atoms with van der Waals surface area (Å²) in [5.74, 6) is -0.970. The fraction of sp³-hybridized carbons (Fsp3) is 0.421. The molecule has 2 aromatic rings. The summed E-state index contributed by atoms with van der Waals surface area (Å²) in [7, 11) is 0. The number of nitrogens with one attached hydrogen (secondary N) is 1. The molecule has 1 fully saturated rings. The highest BCUT2D eigenvalue weighted by Gasteiger charge is 2.25. The Hall–Kier alpha value is -2.28. The predicted octanol–water partition coefficient (Wildman–Crippen LogP) is 3.94. The van der Waals surface area contributed by atoms with Gasteiger partial charge in [0.1, 0.15) is 12.4 Å². The summed E-state index contributed by atoms with van der Waals surface area (Å²) >= 11 is 1.31. The van der Waals surface area contributed by atoms with E-state index in [4.69, 9.17) is 0 Å². The van der Waals surface area contributed by atoms with Gasteiger partial charge >= 0.3 is 0 Å². The first-order chi connectivity index (χ1) is 12.6. The summed E-state index contributed by atoms with van der Waals surface area (Å²) in [6, 6.07) is 5.91. The van der Waals surface area contributed by atoms with E-state index in [9.17, 15) is 14.0 Å². The maximum absolute atomic E-state index is 14.1. The van der Waals surface area contributed by atoms with Crippen LogP contribution in [0.15, 0.2) is 35.8 Å². The Bertz CT molecular complexity index is 745. The van der Waals surface area contributed by atoms with Crippen molar-refractivity contribution in [2.24, 2.45) is 5.92 Å². The normalized spacial score (nSPS) is 14.8. The number of rotatable bonds is 6. The lowest BCUT2D eigenvalue weighted by Gasteiger charge is -2.29. The van der Waals surface area contributed by atoms with Crippen LogP contribution in [0, 0.1) is 11.7 Å². The van der Waals surface area contributed by atoms with Crippen molar-refractivity contribution in [2.45, 2.75) is 32.1 Å². The highest BCUT2D eigenvalue weighted by molar-refractivity contribution is 7.13. The molecular weight excluding hydrogens is 353 g/mol. The van der Waals surface area contributed by atoms with Crippen molar-refractivity contribution < 1.29 is 14.0 Å². The number of hydrogen-bond donors (Lipinski definition) is 1. The Labute approximate surface area is 156 Å². The highest BCUT2D eigenvalue weighted by atomic mass is 32.1. The third-order valence-electron chi connectivity index (χ3n) is 4.61. The van der Waals surface area contributed by atoms with Crippen molar-refractivity contribution in [1.82, 2.24) is 9.88 Å². The number of benzene rings is 1. The quantitative estimate of drug-likeness (QED) is 0.832. The molecule has 138 valence electrons. The molecule has 1 saturated carbocycles. The lowest BCUT2D eigenvalue weighted by atomic mass is 9.89. The highest BCUT2D eigenvalue weighted by Crippen LogP contribution is 2.25. The summed E-state index contributed by atoms with van der Waals surface area (Å²) in [6.07, 6.45) is 7.16. The molecule has 1 aliphatic rings. The molecule has 7 heteroatoms. The van der Waals surface area contributed by atoms with E-state index < -0.39 is 11.7 Å². The van der Waals surface area contributed by atoms with Gasteiger partial charge < -0.3 is 10.2 Å². The molecule has 1 aromatic carbocycles. The Balaban J connectivity index is 1.73. The first-order valence-corrected chi connectivity index (χ1v) is 9.74. The third kappa shape index (κ3) is 4.88. The van der Waals surface area contributed by atoms with Gasteiger partial charge in [0.15, 0.2) is 5.13 Å². The monoisotopic (exact) mass is 375 g/mol. The van der Waals surface area contributed by atoms with Crippen LogP contribution in [0.3, 0.4) is 0 Å². The van der Waals surface area contributed by atoms with Gasteiger partial charge in [0.25, 0.3) is 5.91 Å². The molecule has 1 aromatic heterocycles. The zero-order valence-corrected chi connectivity index (χ0v) is 15.3. The van der Waals surface area contributed by atoms with Gasteiger partial charge in [0, 0.05) is 18.1 Å². The number of anilines is 1. The zero-order valence-electron chi connectivity index (χ0n) is 14.5. The number of halogens is 1. The SMILES string of the molecule is O=C(CN(CC1CCCCC1)C(=O)c1ccccc1F)Nc1nccs1. The van der Waals surface area contributed by atoms with E-state index >= 15 is 0 Å². The summed E-state index contributed by atoms with van der Waals surface area (Å²) in [5, 5.41) is 4.95. The minimum absolute atomic E-state index is 0.00496. The van der Waals surface area contributed by atoms with Crippen molar-refractivity contribution in [3.8, 4) is 0 Å². The molecule has 0 atom stereocenters. The first kappa shape index (κ1) is 18.5. The molecule has 5 nitrogen and oxygen atoms in total. The Morgan fingerprint density at radius 1 is 1.23 bits per heavy atom. The van der Waals surface area contributed by atoms with E-state index in [0.717, 1.165) is 25.7 Å². The molecule has 0 aliphatic heterocycles. The largest absolute Gasteiger partial charge is 0.329 e. The Morgan fingerprint density at radius 2 is 2.00 bits per heavy atom. The third-order valence-corrected chi connectivity index (χ3v) is 5.30. The van der Waals surface area contributed by atoms with Crippen molar-refractivity contribution in [3.63, 3.8) is 0 Å². The number of hydrogen-bond acceptors (Lipinski definition) is 4. The van der Waals surface area contributed by atoms with Gasteiger partial charge in [0.05, 0.1) is 5.56 Å². The number of aromatic nitrogens is 1. The van der Waals surface area contributed by atoms with Crippen LogP contribution in [-0.2, 0) is 4.79 Å². The van der Waals surface area contributed by atoms with E-state index in [1.807, 2.05) is 0 Å². The van der Waals surface area contributed by atoms with Gasteiger partial charge in [-0.2, -0.15) is 0 Å². The summed E-state index contributed by atoms with van der Waals surface area (Å²) < 4.78 is 14.1. The molecule has 26 heavy (non-hydrogen) atoms. The van der Waals surface area contributed by atoms with E-state index in [-0.39, 0.29) is 18.0 Å². The predicted molar refractivity (Wildman–Crippen MR) is 99.6 cm³/mol. The molecule has 0 saturated heterocycles. The van der Waals surface area contributed by atoms with E-state index in [2.05, 4.69) is 10.3 Å². The molecule has 1 N–H and O–H groups in total. The van der Waals surface area contributed by atoms with E-state index in [1.165, 1.54) is 34.8 Å². The molecule has 0 spiro atoms. The standard InChI is InChI=1S/C19H22FN3O2S/c20-16-9-5-4-8-15(16)18(25)23(12-14-6-2-1-3-7-14)13-17(24)22-19-21-10-11-26-19/h4-5,8-11,14H,1-3,6-7,12-13H2,(H,21,22,24). The van der Waals surface area contributed by atoms with Crippen LogP contribution < -0.4 is 5.32 Å². The van der Waals surface area contributed by atoms with Gasteiger partial charge in [-0.15, -0.1) is 11.3 Å². The zero-order chi connectivity index (χ0) is 18.4. The molecule has 1 heterocycles. The maximum Gasteiger partial charge on any atom is 0.257 e. The maximum atomic E-state index is 14.1. The molecule has 0 bridgehead atoms. The van der Waals surface area contributed by atoms with Crippen LogP contribution in [0.1, 0.15) is 42.5 Å². The number of thiazole rings is 1. The second-order valence-corrected chi connectivity index (χ2v) is 7.45. The van der Waals surface area contributed by atoms with Gasteiger partial charge in [-0.25, -0.2) is 9.37 Å². The van der Waals surface area contributed by atoms with Gasteiger partial charge in [-0.1, -0.05) is 31.4 Å². The van der Waals surface area contributed by atoms with Crippen molar-refractivity contribution in [2.75, 3.05) is 18.4 Å². The van der Waals surface area contributed by atoms with Gasteiger partial charge in [-0.05, 0) is 30.9 Å². The molecular formula is C19H22FN3O2S. The van der Waals surface area contributed by atoms with Gasteiger partial charge in [0.2, 0.25) is 5.91 Å². The number of amides is 2. The Morgan fingerprint density at radius 3 is 2.69 bits per heavy atom. The van der Waals surface area contributed by atoms with Crippen LogP contribution >= 0.6 is 11.3 Å². The Kier molecular flexibility index (Phi) is 6.33. The minimum Gasteiger partial charge on any atom is -0.329 e. The molecule has 0 radical (unpaired) electrons. The van der Waals surface area contributed by atoms with Crippen LogP contribution in [0.5, 0.6) is 0 Å². The smallest absolute Gasteiger partial charge is 0.257 e. The van der Waals surface area contributed by atoms with E-state index in [1.54, 1.807) is 23.7 Å². The van der Waals surface area contributed by atoms with Crippen LogP contribution in [0.2, 0.25) is 0 Å². The lowest BCUT2D eigenvalue weighted by Crippen LogP contribution is -2.41.